The number of benzene rings is 1. The van der Waals surface area contributed by atoms with Crippen LogP contribution < -0.4 is 10.1 Å². The van der Waals surface area contributed by atoms with E-state index in [0.29, 0.717) is 15.9 Å². The zero-order valence-corrected chi connectivity index (χ0v) is 15.4. The van der Waals surface area contributed by atoms with Crippen molar-refractivity contribution < 1.29 is 9.53 Å². The lowest BCUT2D eigenvalue weighted by Gasteiger charge is -2.10. The van der Waals surface area contributed by atoms with Crippen molar-refractivity contribution in [2.24, 2.45) is 0 Å². The van der Waals surface area contributed by atoms with Crippen molar-refractivity contribution in [1.82, 2.24) is 20.2 Å². The van der Waals surface area contributed by atoms with Gasteiger partial charge in [-0.25, -0.2) is 0 Å². The lowest BCUT2D eigenvalue weighted by molar-refractivity contribution is 0.102. The molecule has 4 aromatic rings. The van der Waals surface area contributed by atoms with Crippen molar-refractivity contribution in [2.45, 2.75) is 6.92 Å². The monoisotopic (exact) mass is 377 g/mol. The summed E-state index contributed by atoms with van der Waals surface area (Å²) in [4.78, 5) is 21.4. The van der Waals surface area contributed by atoms with Gasteiger partial charge in [0, 0.05) is 23.5 Å². The average molecular weight is 377 g/mol. The Hall–Kier alpha value is -3.39. The second-order valence-corrected chi connectivity index (χ2v) is 6.75. The first-order chi connectivity index (χ1) is 13.1. The minimum Gasteiger partial charge on any atom is -0.472 e. The van der Waals surface area contributed by atoms with Gasteiger partial charge in [0.2, 0.25) is 5.13 Å². The zero-order valence-electron chi connectivity index (χ0n) is 14.6. The van der Waals surface area contributed by atoms with Crippen molar-refractivity contribution in [3.05, 3.63) is 60.0 Å². The number of aromatic nitrogens is 4. The maximum atomic E-state index is 12.8. The Kier molecular flexibility index (Phi) is 4.47. The van der Waals surface area contributed by atoms with Crippen molar-refractivity contribution >= 4 is 33.3 Å². The molecule has 0 saturated carbocycles. The van der Waals surface area contributed by atoms with E-state index in [1.165, 1.54) is 7.11 Å². The van der Waals surface area contributed by atoms with Crippen molar-refractivity contribution in [1.29, 1.82) is 0 Å². The summed E-state index contributed by atoms with van der Waals surface area (Å²) in [7, 11) is 1.50. The van der Waals surface area contributed by atoms with Gasteiger partial charge >= 0.3 is 0 Å². The normalized spacial score (nSPS) is 10.7. The molecule has 8 heteroatoms. The summed E-state index contributed by atoms with van der Waals surface area (Å²) in [6.45, 7) is 1.89. The van der Waals surface area contributed by atoms with Gasteiger partial charge in [0.1, 0.15) is 0 Å². The summed E-state index contributed by atoms with van der Waals surface area (Å²) in [5.41, 5.74) is 3.89. The molecular weight excluding hydrogens is 362 g/mol. The van der Waals surface area contributed by atoms with Gasteiger partial charge in [-0.1, -0.05) is 17.2 Å². The second-order valence-electron chi connectivity index (χ2n) is 5.81. The summed E-state index contributed by atoms with van der Waals surface area (Å²) in [6, 6.07) is 11.7. The number of aryl methyl sites for hydroxylation is 1. The van der Waals surface area contributed by atoms with E-state index in [9.17, 15) is 4.79 Å². The molecule has 27 heavy (non-hydrogen) atoms. The van der Waals surface area contributed by atoms with E-state index in [2.05, 4.69) is 25.5 Å². The van der Waals surface area contributed by atoms with Crippen LogP contribution in [-0.2, 0) is 0 Å². The zero-order chi connectivity index (χ0) is 18.8. The Morgan fingerprint density at radius 3 is 2.85 bits per heavy atom. The summed E-state index contributed by atoms with van der Waals surface area (Å²) >= 11 is 1.16. The predicted molar refractivity (Wildman–Crippen MR) is 104 cm³/mol. The minimum absolute atomic E-state index is 0.303. The summed E-state index contributed by atoms with van der Waals surface area (Å²) in [5, 5.41) is 12.2. The van der Waals surface area contributed by atoms with Crippen LogP contribution >= 0.6 is 11.3 Å². The van der Waals surface area contributed by atoms with E-state index in [-0.39, 0.29) is 5.91 Å². The van der Waals surface area contributed by atoms with E-state index in [0.717, 1.165) is 39.1 Å². The maximum Gasteiger partial charge on any atom is 0.295 e. The molecule has 0 aliphatic carbocycles. The Morgan fingerprint density at radius 2 is 2.04 bits per heavy atom. The Morgan fingerprint density at radius 1 is 1.15 bits per heavy atom. The molecule has 1 N–H and O–H groups in total. The molecule has 0 saturated heterocycles. The van der Waals surface area contributed by atoms with Gasteiger partial charge in [0.05, 0.1) is 18.2 Å². The SMILES string of the molecule is COc1nnc(NC(=O)c2cnc(C)cc2-c2ccc3ncccc3c2)s1. The molecule has 3 heterocycles. The van der Waals surface area contributed by atoms with Crippen LogP contribution in [0.15, 0.2) is 48.8 Å². The first-order valence-corrected chi connectivity index (χ1v) is 8.96. The Labute approximate surface area is 159 Å². The van der Waals surface area contributed by atoms with Gasteiger partial charge in [-0.05, 0) is 53.7 Å². The molecule has 134 valence electrons. The standard InChI is InChI=1S/C19H15N5O2S/c1-11-8-14(12-5-6-16-13(9-12)4-3-7-20-16)15(10-21-11)17(25)22-18-23-24-19(26-2)27-18/h3-10H,1-2H3,(H,22,23,25). The van der Waals surface area contributed by atoms with Crippen LogP contribution in [0.5, 0.6) is 5.19 Å². The third-order valence-corrected chi connectivity index (χ3v) is 4.80. The number of hydrogen-bond acceptors (Lipinski definition) is 7. The van der Waals surface area contributed by atoms with Crippen molar-refractivity contribution in [3.63, 3.8) is 0 Å². The van der Waals surface area contributed by atoms with E-state index < -0.39 is 0 Å². The van der Waals surface area contributed by atoms with Crippen LogP contribution in [0.1, 0.15) is 16.1 Å². The number of carbonyl (C=O) groups excluding carboxylic acids is 1. The van der Waals surface area contributed by atoms with Crippen LogP contribution in [0.4, 0.5) is 5.13 Å². The van der Waals surface area contributed by atoms with Gasteiger partial charge in [0.25, 0.3) is 11.1 Å². The summed E-state index contributed by atoms with van der Waals surface area (Å²) < 4.78 is 5.01. The smallest absolute Gasteiger partial charge is 0.295 e. The van der Waals surface area contributed by atoms with Crippen LogP contribution in [0.25, 0.3) is 22.0 Å². The van der Waals surface area contributed by atoms with E-state index in [1.807, 2.05) is 43.3 Å². The predicted octanol–water partition coefficient (Wildman–Crippen LogP) is 3.72. The number of amides is 1. The molecule has 0 atom stereocenters. The van der Waals surface area contributed by atoms with Gasteiger partial charge < -0.3 is 4.74 Å². The molecule has 1 amide bonds. The molecule has 0 spiro atoms. The molecule has 0 bridgehead atoms. The summed E-state index contributed by atoms with van der Waals surface area (Å²) in [6.07, 6.45) is 3.33. The van der Waals surface area contributed by atoms with Crippen LogP contribution in [0.3, 0.4) is 0 Å². The number of anilines is 1. The highest BCUT2D eigenvalue weighted by atomic mass is 32.1. The molecule has 7 nitrogen and oxygen atoms in total. The van der Waals surface area contributed by atoms with Gasteiger partial charge in [-0.3, -0.25) is 20.1 Å². The number of ether oxygens (including phenoxy) is 1. The molecular formula is C19H15N5O2S. The molecule has 4 rings (SSSR count). The maximum absolute atomic E-state index is 12.8. The van der Waals surface area contributed by atoms with Gasteiger partial charge in [-0.2, -0.15) is 0 Å². The minimum atomic E-state index is -0.303. The van der Waals surface area contributed by atoms with Crippen molar-refractivity contribution in [3.8, 4) is 16.3 Å². The number of fused-ring (bicyclic) bond motifs is 1. The summed E-state index contributed by atoms with van der Waals surface area (Å²) in [5.74, 6) is -0.303. The quantitative estimate of drug-likeness (QED) is 0.583. The molecule has 0 radical (unpaired) electrons. The third kappa shape index (κ3) is 3.47. The van der Waals surface area contributed by atoms with E-state index >= 15 is 0 Å². The Balaban J connectivity index is 1.73. The lowest BCUT2D eigenvalue weighted by Crippen LogP contribution is -2.13. The molecule has 0 aliphatic heterocycles. The van der Waals surface area contributed by atoms with Crippen LogP contribution in [0.2, 0.25) is 0 Å². The van der Waals surface area contributed by atoms with Gasteiger partial charge in [-0.15, -0.1) is 5.10 Å². The fourth-order valence-corrected chi connectivity index (χ4v) is 3.29. The molecule has 0 unspecified atom stereocenters. The highest BCUT2D eigenvalue weighted by Crippen LogP contribution is 2.28. The second kappa shape index (κ2) is 7.08. The molecule has 0 fully saturated rings. The van der Waals surface area contributed by atoms with Crippen LogP contribution in [-0.4, -0.2) is 33.2 Å². The number of hydrogen-bond donors (Lipinski definition) is 1. The third-order valence-electron chi connectivity index (χ3n) is 4.00. The van der Waals surface area contributed by atoms with Crippen LogP contribution in [0, 0.1) is 6.92 Å². The Bertz CT molecular complexity index is 1140. The molecule has 0 aliphatic rings. The van der Waals surface area contributed by atoms with E-state index in [1.54, 1.807) is 12.4 Å². The largest absolute Gasteiger partial charge is 0.472 e. The highest BCUT2D eigenvalue weighted by Gasteiger charge is 2.16. The van der Waals surface area contributed by atoms with Crippen molar-refractivity contribution in [2.75, 3.05) is 12.4 Å². The molecule has 3 aromatic heterocycles. The first kappa shape index (κ1) is 17.0. The fourth-order valence-electron chi connectivity index (χ4n) is 2.73. The number of nitrogens with one attached hydrogen (secondary N) is 1. The van der Waals surface area contributed by atoms with Gasteiger partial charge in [0.15, 0.2) is 0 Å². The van der Waals surface area contributed by atoms with E-state index in [4.69, 9.17) is 4.74 Å². The topological polar surface area (TPSA) is 89.9 Å². The first-order valence-electron chi connectivity index (χ1n) is 8.14. The fraction of sp³-hybridized carbons (Fsp3) is 0.105. The highest BCUT2D eigenvalue weighted by molar-refractivity contribution is 7.17. The number of pyridine rings is 2. The number of methoxy groups -OCH3 is 1. The number of rotatable bonds is 4. The number of carbonyl (C=O) groups is 1. The average Bonchev–Trinajstić information content (AvgIpc) is 3.15. The number of nitrogens with zero attached hydrogens (tertiary/aromatic N) is 4. The lowest BCUT2D eigenvalue weighted by atomic mass is 9.98. The molecule has 1 aromatic carbocycles.